The highest BCUT2D eigenvalue weighted by Gasteiger charge is 2.26. The van der Waals surface area contributed by atoms with Gasteiger partial charge in [0.05, 0.1) is 0 Å². The molecule has 1 unspecified atom stereocenters. The molecule has 2 aliphatic carbocycles. The molecule has 0 fully saturated rings. The maximum Gasteiger partial charge on any atom is 0.0468 e. The second-order valence-electron chi connectivity index (χ2n) is 21.7. The molecular formula is C74H56N2. The fraction of sp³-hybridized carbons (Fsp3) is 0.0811. The molecule has 76 heavy (non-hydrogen) atoms. The lowest BCUT2D eigenvalue weighted by molar-refractivity contribution is 0.590. The number of allylic oxidation sites excluding steroid dienone is 7. The lowest BCUT2D eigenvalue weighted by atomic mass is 9.83. The van der Waals surface area contributed by atoms with Crippen LogP contribution in [0.1, 0.15) is 32.8 Å². The van der Waals surface area contributed by atoms with Crippen LogP contribution in [0.3, 0.4) is 0 Å². The second-order valence-corrected chi connectivity index (χ2v) is 21.7. The van der Waals surface area contributed by atoms with Gasteiger partial charge in [0, 0.05) is 40.1 Å². The van der Waals surface area contributed by atoms with Crippen LogP contribution in [-0.4, -0.2) is 0 Å². The maximum atomic E-state index is 2.49. The summed E-state index contributed by atoms with van der Waals surface area (Å²) in [6, 6.07) is 86.3. The summed E-state index contributed by atoms with van der Waals surface area (Å²) in [5.41, 5.74) is 14.2. The molecule has 0 heterocycles. The van der Waals surface area contributed by atoms with Crippen LogP contribution in [0.25, 0.3) is 86.9 Å². The van der Waals surface area contributed by atoms with Gasteiger partial charge in [-0.1, -0.05) is 215 Å². The standard InChI is InChI=1S/C74H56N2/c1-74(2,3)61-32-26-54(27-33-61)72-68-40-38-67(76(64-36-30-52-17-7-12-22-58(52)45-64)65-37-31-53-18-8-13-23-59(53)46-65)48-71(68)73(60-25-24-49-14-4-9-19-55(49)42-60)69-41-39-66(47-70(69)72)75(62-34-28-50-15-5-10-20-56(50)43-62)63-35-29-51-16-6-11-21-57(51)44-63/h4-30,32-48,53H,31H2,1-3H3. The van der Waals surface area contributed by atoms with Crippen molar-refractivity contribution in [3.05, 3.63) is 284 Å². The van der Waals surface area contributed by atoms with Crippen molar-refractivity contribution < 1.29 is 0 Å². The Kier molecular flexibility index (Phi) is 10.9. The van der Waals surface area contributed by atoms with E-state index < -0.39 is 0 Å². The zero-order chi connectivity index (χ0) is 50.9. The highest BCUT2D eigenvalue weighted by Crippen LogP contribution is 2.49. The van der Waals surface area contributed by atoms with Crippen LogP contribution < -0.4 is 9.80 Å². The van der Waals surface area contributed by atoms with Gasteiger partial charge in [0.1, 0.15) is 0 Å². The topological polar surface area (TPSA) is 6.48 Å². The van der Waals surface area contributed by atoms with E-state index in [0.29, 0.717) is 5.92 Å². The molecule has 362 valence electrons. The lowest BCUT2D eigenvalue weighted by Crippen LogP contribution is -2.19. The van der Waals surface area contributed by atoms with Crippen molar-refractivity contribution in [1.29, 1.82) is 0 Å². The highest BCUT2D eigenvalue weighted by atomic mass is 15.2. The molecule has 0 bridgehead atoms. The highest BCUT2D eigenvalue weighted by molar-refractivity contribution is 6.23. The zero-order valence-corrected chi connectivity index (χ0v) is 43.1. The minimum absolute atomic E-state index is 0.00391. The second kappa shape index (κ2) is 18.3. The Balaban J connectivity index is 1.07. The fourth-order valence-corrected chi connectivity index (χ4v) is 12.0. The van der Waals surface area contributed by atoms with Crippen molar-refractivity contribution in [2.45, 2.75) is 32.6 Å². The minimum atomic E-state index is 0.00391. The van der Waals surface area contributed by atoms with Gasteiger partial charge in [-0.05, 0) is 183 Å². The monoisotopic (exact) mass is 972 g/mol. The van der Waals surface area contributed by atoms with Crippen LogP contribution >= 0.6 is 0 Å². The maximum absolute atomic E-state index is 2.49. The predicted octanol–water partition coefficient (Wildman–Crippen LogP) is 20.8. The summed E-state index contributed by atoms with van der Waals surface area (Å²) < 4.78 is 0. The first-order chi connectivity index (χ1) is 37.3. The summed E-state index contributed by atoms with van der Waals surface area (Å²) in [4.78, 5) is 4.94. The van der Waals surface area contributed by atoms with E-state index in [9.17, 15) is 0 Å². The van der Waals surface area contributed by atoms with Crippen molar-refractivity contribution in [2.75, 3.05) is 9.80 Å². The third-order valence-electron chi connectivity index (χ3n) is 16.0. The molecule has 12 aromatic carbocycles. The molecule has 2 nitrogen and oxygen atoms in total. The van der Waals surface area contributed by atoms with Crippen LogP contribution in [0.2, 0.25) is 0 Å². The fourth-order valence-electron chi connectivity index (χ4n) is 12.0. The van der Waals surface area contributed by atoms with Gasteiger partial charge >= 0.3 is 0 Å². The summed E-state index contributed by atoms with van der Waals surface area (Å²) in [5.74, 6) is 0.380. The molecule has 1 atom stereocenters. The van der Waals surface area contributed by atoms with Gasteiger partial charge in [-0.2, -0.15) is 0 Å². The van der Waals surface area contributed by atoms with E-state index >= 15 is 0 Å². The van der Waals surface area contributed by atoms with Crippen LogP contribution in [0, 0.1) is 5.92 Å². The van der Waals surface area contributed by atoms with Gasteiger partial charge in [0.15, 0.2) is 0 Å². The first kappa shape index (κ1) is 45.4. The summed E-state index contributed by atoms with van der Waals surface area (Å²) in [5, 5.41) is 14.6. The molecule has 0 saturated carbocycles. The van der Waals surface area contributed by atoms with Crippen LogP contribution in [-0.2, 0) is 5.41 Å². The van der Waals surface area contributed by atoms with Gasteiger partial charge in [-0.15, -0.1) is 0 Å². The Morgan fingerprint density at radius 3 is 1.32 bits per heavy atom. The number of hydrogen-bond donors (Lipinski definition) is 0. The third-order valence-corrected chi connectivity index (χ3v) is 16.0. The average Bonchev–Trinajstić information content (AvgIpc) is 3.57. The number of anilines is 5. The van der Waals surface area contributed by atoms with Crippen molar-refractivity contribution >= 4 is 93.1 Å². The molecule has 0 saturated heterocycles. The normalized spacial score (nSPS) is 14.4. The van der Waals surface area contributed by atoms with E-state index in [1.165, 1.54) is 104 Å². The number of fused-ring (bicyclic) bond motifs is 7. The van der Waals surface area contributed by atoms with E-state index in [2.05, 4.69) is 298 Å². The molecule has 0 N–H and O–H groups in total. The molecule has 2 aliphatic rings. The molecular weight excluding hydrogens is 917 g/mol. The summed E-state index contributed by atoms with van der Waals surface area (Å²) in [7, 11) is 0. The van der Waals surface area contributed by atoms with Crippen molar-refractivity contribution in [3.8, 4) is 22.3 Å². The van der Waals surface area contributed by atoms with Gasteiger partial charge in [-0.3, -0.25) is 0 Å². The largest absolute Gasteiger partial charge is 0.311 e. The lowest BCUT2D eigenvalue weighted by Gasteiger charge is -2.31. The predicted molar refractivity (Wildman–Crippen MR) is 327 cm³/mol. The Bertz CT molecular complexity index is 4350. The average molecular weight is 973 g/mol. The molecule has 0 amide bonds. The minimum Gasteiger partial charge on any atom is -0.311 e. The molecule has 14 rings (SSSR count). The van der Waals surface area contributed by atoms with Crippen molar-refractivity contribution in [3.63, 3.8) is 0 Å². The van der Waals surface area contributed by atoms with Crippen LogP contribution in [0.15, 0.2) is 278 Å². The Labute approximate surface area is 445 Å². The van der Waals surface area contributed by atoms with Crippen LogP contribution in [0.5, 0.6) is 0 Å². The van der Waals surface area contributed by atoms with Gasteiger partial charge in [0.25, 0.3) is 0 Å². The van der Waals surface area contributed by atoms with Crippen molar-refractivity contribution in [2.24, 2.45) is 5.92 Å². The number of nitrogens with zero attached hydrogens (tertiary/aromatic N) is 2. The smallest absolute Gasteiger partial charge is 0.0468 e. The number of benzene rings is 12. The Morgan fingerprint density at radius 1 is 0.368 bits per heavy atom. The van der Waals surface area contributed by atoms with Gasteiger partial charge in [0.2, 0.25) is 0 Å². The van der Waals surface area contributed by atoms with E-state index in [-0.39, 0.29) is 5.41 Å². The summed E-state index contributed by atoms with van der Waals surface area (Å²) in [6.45, 7) is 6.90. The number of hydrogen-bond acceptors (Lipinski definition) is 2. The first-order valence-electron chi connectivity index (χ1n) is 26.7. The summed E-state index contributed by atoms with van der Waals surface area (Å²) >= 11 is 0. The van der Waals surface area contributed by atoms with Gasteiger partial charge in [-0.25, -0.2) is 0 Å². The van der Waals surface area contributed by atoms with E-state index in [1.54, 1.807) is 0 Å². The Morgan fingerprint density at radius 2 is 0.789 bits per heavy atom. The molecule has 2 heteroatoms. The summed E-state index contributed by atoms with van der Waals surface area (Å²) in [6.07, 6.45) is 14.8. The van der Waals surface area contributed by atoms with Gasteiger partial charge < -0.3 is 9.80 Å². The van der Waals surface area contributed by atoms with E-state index in [4.69, 9.17) is 0 Å². The third kappa shape index (κ3) is 8.06. The van der Waals surface area contributed by atoms with Crippen molar-refractivity contribution in [1.82, 2.24) is 0 Å². The Hall–Kier alpha value is -9.24. The van der Waals surface area contributed by atoms with Crippen LogP contribution in [0.4, 0.5) is 28.4 Å². The molecule has 0 spiro atoms. The first-order valence-corrected chi connectivity index (χ1v) is 26.7. The number of rotatable bonds is 8. The molecule has 0 aliphatic heterocycles. The molecule has 12 aromatic rings. The SMILES string of the molecule is CC(C)(C)c1ccc(-c2c3ccc(N(C4=CCC5C=CC=CC5=C4)c4ccc5ccccc5c4)cc3c(-c3ccc4ccccc4c3)c3ccc(N(c4ccc5ccccc5c4)c4ccc5ccccc5c4)cc23)cc1. The molecule has 0 radical (unpaired) electrons. The quantitative estimate of drug-likeness (QED) is 0.140. The van der Waals surface area contributed by atoms with E-state index in [1.807, 2.05) is 0 Å². The zero-order valence-electron chi connectivity index (χ0n) is 43.1. The molecule has 0 aromatic heterocycles. The van der Waals surface area contributed by atoms with E-state index in [0.717, 1.165) is 34.9 Å².